The first-order valence-electron chi connectivity index (χ1n) is 11.4. The first-order chi connectivity index (χ1) is 16.5. The van der Waals surface area contributed by atoms with E-state index in [1.165, 1.54) is 0 Å². The Hall–Kier alpha value is -3.85. The Morgan fingerprint density at radius 3 is 2.79 bits per heavy atom. The second kappa shape index (κ2) is 10.8. The number of aromatic nitrogens is 1. The number of benzene rings is 2. The summed E-state index contributed by atoms with van der Waals surface area (Å²) < 4.78 is 5.18. The lowest BCUT2D eigenvalue weighted by Gasteiger charge is -2.17. The third kappa shape index (κ3) is 6.14. The standard InChI is InChI=1S/C25H30N6O3/c1-17-14-23(21-8-3-4-9-22(21)27-17)30-24(32)26-11-13-31-12-10-19(16-31)29-25(33)28-18-6-5-7-20(15-18)34-2/h3-9,14-15,19H,10-13,16H2,1-2H3,(H2,28,29,33)(H2,26,27,30,32). The summed E-state index contributed by atoms with van der Waals surface area (Å²) in [4.78, 5) is 31.5. The maximum Gasteiger partial charge on any atom is 0.319 e. The summed E-state index contributed by atoms with van der Waals surface area (Å²) >= 11 is 0. The van der Waals surface area contributed by atoms with Crippen molar-refractivity contribution in [1.82, 2.24) is 20.5 Å². The Balaban J connectivity index is 1.19. The molecule has 2 heterocycles. The van der Waals surface area contributed by atoms with Crippen molar-refractivity contribution < 1.29 is 14.3 Å². The van der Waals surface area contributed by atoms with Crippen LogP contribution in [0.25, 0.3) is 10.9 Å². The zero-order valence-corrected chi connectivity index (χ0v) is 19.4. The van der Waals surface area contributed by atoms with Crippen LogP contribution in [-0.4, -0.2) is 61.3 Å². The van der Waals surface area contributed by atoms with Crippen LogP contribution in [0.4, 0.5) is 21.0 Å². The van der Waals surface area contributed by atoms with E-state index < -0.39 is 0 Å². The maximum atomic E-state index is 12.4. The molecule has 2 aromatic carbocycles. The summed E-state index contributed by atoms with van der Waals surface area (Å²) in [6.07, 6.45) is 0.861. The molecule has 0 bridgehead atoms. The summed E-state index contributed by atoms with van der Waals surface area (Å²) in [5.74, 6) is 0.689. The fraction of sp³-hybridized carbons (Fsp3) is 0.320. The number of aryl methyl sites for hydroxylation is 1. The third-order valence-corrected chi connectivity index (χ3v) is 5.74. The molecule has 4 N–H and O–H groups in total. The Bertz CT molecular complexity index is 1170. The molecule has 178 valence electrons. The fourth-order valence-corrected chi connectivity index (χ4v) is 4.11. The molecule has 4 rings (SSSR count). The lowest BCUT2D eigenvalue weighted by atomic mass is 10.1. The van der Waals surface area contributed by atoms with Gasteiger partial charge in [0.2, 0.25) is 0 Å². The monoisotopic (exact) mass is 462 g/mol. The van der Waals surface area contributed by atoms with Crippen LogP contribution in [-0.2, 0) is 0 Å². The van der Waals surface area contributed by atoms with Gasteiger partial charge in [0.25, 0.3) is 0 Å². The largest absolute Gasteiger partial charge is 0.497 e. The van der Waals surface area contributed by atoms with Gasteiger partial charge in [0, 0.05) is 55.1 Å². The lowest BCUT2D eigenvalue weighted by Crippen LogP contribution is -2.41. The second-order valence-electron chi connectivity index (χ2n) is 8.33. The van der Waals surface area contributed by atoms with Gasteiger partial charge in [0.1, 0.15) is 5.75 Å². The molecule has 1 atom stereocenters. The Morgan fingerprint density at radius 1 is 1.09 bits per heavy atom. The summed E-state index contributed by atoms with van der Waals surface area (Å²) in [5.41, 5.74) is 3.12. The second-order valence-corrected chi connectivity index (χ2v) is 8.33. The van der Waals surface area contributed by atoms with Gasteiger partial charge in [-0.15, -0.1) is 0 Å². The highest BCUT2D eigenvalue weighted by Crippen LogP contribution is 2.22. The molecule has 9 heteroatoms. The maximum absolute atomic E-state index is 12.4. The van der Waals surface area contributed by atoms with E-state index >= 15 is 0 Å². The number of hydrogen-bond donors (Lipinski definition) is 4. The van der Waals surface area contributed by atoms with Crippen molar-refractivity contribution in [3.8, 4) is 5.75 Å². The van der Waals surface area contributed by atoms with E-state index in [0.717, 1.165) is 41.8 Å². The summed E-state index contributed by atoms with van der Waals surface area (Å²) in [6, 6.07) is 16.4. The molecule has 0 radical (unpaired) electrons. The van der Waals surface area contributed by atoms with Crippen LogP contribution in [0.2, 0.25) is 0 Å². The zero-order valence-electron chi connectivity index (χ0n) is 19.4. The zero-order chi connectivity index (χ0) is 23.9. The molecule has 4 amide bonds. The van der Waals surface area contributed by atoms with Gasteiger partial charge in [-0.3, -0.25) is 9.88 Å². The minimum Gasteiger partial charge on any atom is -0.497 e. The number of rotatable bonds is 7. The highest BCUT2D eigenvalue weighted by atomic mass is 16.5. The molecular formula is C25H30N6O3. The van der Waals surface area contributed by atoms with Crippen molar-refractivity contribution in [1.29, 1.82) is 0 Å². The molecule has 0 saturated carbocycles. The van der Waals surface area contributed by atoms with Crippen LogP contribution in [0.15, 0.2) is 54.6 Å². The molecule has 1 saturated heterocycles. The molecule has 1 aliphatic heterocycles. The van der Waals surface area contributed by atoms with Crippen LogP contribution in [0, 0.1) is 6.92 Å². The van der Waals surface area contributed by atoms with Crippen LogP contribution < -0.4 is 26.0 Å². The number of carbonyl (C=O) groups is 2. The van der Waals surface area contributed by atoms with E-state index in [0.29, 0.717) is 24.5 Å². The highest BCUT2D eigenvalue weighted by molar-refractivity contribution is 6.00. The van der Waals surface area contributed by atoms with Crippen LogP contribution in [0.5, 0.6) is 5.75 Å². The summed E-state index contributed by atoms with van der Waals surface area (Å²) in [5, 5.41) is 12.6. The van der Waals surface area contributed by atoms with E-state index in [9.17, 15) is 9.59 Å². The van der Waals surface area contributed by atoms with Gasteiger partial charge in [-0.2, -0.15) is 0 Å². The Kier molecular flexibility index (Phi) is 7.44. The molecule has 0 spiro atoms. The number of pyridine rings is 1. The van der Waals surface area contributed by atoms with Gasteiger partial charge in [0.15, 0.2) is 0 Å². The summed E-state index contributed by atoms with van der Waals surface area (Å²) in [7, 11) is 1.59. The minimum absolute atomic E-state index is 0.0607. The van der Waals surface area contributed by atoms with Crippen molar-refractivity contribution in [2.45, 2.75) is 19.4 Å². The number of methoxy groups -OCH3 is 1. The van der Waals surface area contributed by atoms with Gasteiger partial charge >= 0.3 is 12.1 Å². The van der Waals surface area contributed by atoms with E-state index in [-0.39, 0.29) is 18.1 Å². The molecular weight excluding hydrogens is 432 g/mol. The van der Waals surface area contributed by atoms with Gasteiger partial charge in [-0.05, 0) is 37.6 Å². The van der Waals surface area contributed by atoms with E-state index in [2.05, 4.69) is 31.2 Å². The first kappa shape index (κ1) is 23.3. The minimum atomic E-state index is -0.248. The fourth-order valence-electron chi connectivity index (χ4n) is 4.11. The SMILES string of the molecule is COc1cccc(NC(=O)NC2CCN(CCNC(=O)Nc3cc(C)nc4ccccc34)C2)c1. The van der Waals surface area contributed by atoms with Crippen LogP contribution in [0.1, 0.15) is 12.1 Å². The normalized spacial score (nSPS) is 15.6. The number of hydrogen-bond acceptors (Lipinski definition) is 5. The van der Waals surface area contributed by atoms with Crippen molar-refractivity contribution in [2.24, 2.45) is 0 Å². The predicted molar refractivity (Wildman–Crippen MR) is 133 cm³/mol. The van der Waals surface area contributed by atoms with Gasteiger partial charge < -0.3 is 26.0 Å². The molecule has 1 fully saturated rings. The van der Waals surface area contributed by atoms with Crippen LogP contribution >= 0.6 is 0 Å². The summed E-state index contributed by atoms with van der Waals surface area (Å²) in [6.45, 7) is 4.73. The first-order valence-corrected chi connectivity index (χ1v) is 11.4. The molecule has 34 heavy (non-hydrogen) atoms. The van der Waals surface area contributed by atoms with Crippen molar-refractivity contribution in [2.75, 3.05) is 43.9 Å². The lowest BCUT2D eigenvalue weighted by molar-refractivity contribution is 0.246. The molecule has 0 aliphatic carbocycles. The quantitative estimate of drug-likeness (QED) is 0.429. The Morgan fingerprint density at radius 2 is 1.94 bits per heavy atom. The number of fused-ring (bicyclic) bond motifs is 1. The molecule has 1 aromatic heterocycles. The third-order valence-electron chi connectivity index (χ3n) is 5.74. The van der Waals surface area contributed by atoms with Crippen molar-refractivity contribution >= 4 is 34.3 Å². The molecule has 3 aromatic rings. The molecule has 9 nitrogen and oxygen atoms in total. The average molecular weight is 463 g/mol. The van der Waals surface area contributed by atoms with E-state index in [1.54, 1.807) is 13.2 Å². The number of carbonyl (C=O) groups excluding carboxylic acids is 2. The average Bonchev–Trinajstić information content (AvgIpc) is 3.25. The number of para-hydroxylation sites is 1. The smallest absolute Gasteiger partial charge is 0.319 e. The number of ether oxygens (including phenoxy) is 1. The molecule has 1 unspecified atom stereocenters. The number of likely N-dealkylation sites (tertiary alicyclic amines) is 1. The van der Waals surface area contributed by atoms with E-state index in [1.807, 2.05) is 55.5 Å². The number of nitrogens with zero attached hydrogens (tertiary/aromatic N) is 2. The van der Waals surface area contributed by atoms with Crippen molar-refractivity contribution in [3.05, 3.63) is 60.3 Å². The molecule has 1 aliphatic rings. The van der Waals surface area contributed by atoms with Gasteiger partial charge in [-0.25, -0.2) is 9.59 Å². The predicted octanol–water partition coefficient (Wildman–Crippen LogP) is 3.57. The topological polar surface area (TPSA) is 108 Å². The number of urea groups is 2. The number of amides is 4. The highest BCUT2D eigenvalue weighted by Gasteiger charge is 2.23. The number of nitrogens with one attached hydrogen (secondary N) is 4. The Labute approximate surface area is 198 Å². The van der Waals surface area contributed by atoms with Gasteiger partial charge in [0.05, 0.1) is 18.3 Å². The van der Waals surface area contributed by atoms with E-state index in [4.69, 9.17) is 4.74 Å². The van der Waals surface area contributed by atoms with Gasteiger partial charge in [-0.1, -0.05) is 24.3 Å². The van der Waals surface area contributed by atoms with Crippen molar-refractivity contribution in [3.63, 3.8) is 0 Å². The van der Waals surface area contributed by atoms with Crippen LogP contribution in [0.3, 0.4) is 0 Å². The number of anilines is 2.